The molecule has 0 amide bonds. The zero-order valence-corrected chi connectivity index (χ0v) is 21.6. The molecule has 0 atom stereocenters. The van der Waals surface area contributed by atoms with Crippen LogP contribution >= 0.6 is 0 Å². The van der Waals surface area contributed by atoms with Crippen LogP contribution in [-0.2, 0) is 57.1 Å². The molecular formula is C26H34O13. The minimum absolute atomic E-state index is 0.324. The Balaban J connectivity index is 5.90. The lowest BCUT2D eigenvalue weighted by molar-refractivity contribution is -0.172. The predicted molar refractivity (Wildman–Crippen MR) is 135 cm³/mol. The molecule has 0 unspecified atom stereocenters. The van der Waals surface area contributed by atoms with Gasteiger partial charge in [-0.1, -0.05) is 32.9 Å². The van der Waals surface area contributed by atoms with E-state index in [-0.39, 0.29) is 19.8 Å². The van der Waals surface area contributed by atoms with Crippen molar-refractivity contribution in [2.75, 3.05) is 59.6 Å². The molecule has 0 aromatic heterocycles. The molecule has 39 heavy (non-hydrogen) atoms. The Bertz CT molecular complexity index is 858. The molecule has 216 valence electrons. The normalized spacial score (nSPS) is 10.8. The van der Waals surface area contributed by atoms with Gasteiger partial charge in [-0.3, -0.25) is 0 Å². The van der Waals surface area contributed by atoms with E-state index in [0.29, 0.717) is 0 Å². The molecule has 0 heterocycles. The second-order valence-corrected chi connectivity index (χ2v) is 8.03. The summed E-state index contributed by atoms with van der Waals surface area (Å²) in [6.45, 7) is 12.6. The Morgan fingerprint density at radius 3 is 1.15 bits per heavy atom. The number of ether oxygens (including phenoxy) is 7. The van der Waals surface area contributed by atoms with Crippen LogP contribution in [0.2, 0.25) is 0 Å². The first kappa shape index (κ1) is 34.9. The van der Waals surface area contributed by atoms with Gasteiger partial charge in [-0.15, -0.1) is 0 Å². The monoisotopic (exact) mass is 554 g/mol. The molecule has 13 heteroatoms. The molecule has 1 N–H and O–H groups in total. The third-order valence-corrected chi connectivity index (χ3v) is 4.76. The van der Waals surface area contributed by atoms with Crippen molar-refractivity contribution in [1.29, 1.82) is 0 Å². The molecule has 0 saturated carbocycles. The minimum Gasteiger partial charge on any atom is -0.462 e. The summed E-state index contributed by atoms with van der Waals surface area (Å²) in [6.07, 6.45) is 4.55. The lowest BCUT2D eigenvalue weighted by atomic mass is 9.90. The van der Waals surface area contributed by atoms with Gasteiger partial charge in [0.1, 0.15) is 26.4 Å². The van der Waals surface area contributed by atoms with Crippen molar-refractivity contribution < 1.29 is 62.2 Å². The lowest BCUT2D eigenvalue weighted by Gasteiger charge is -2.35. The van der Waals surface area contributed by atoms with E-state index < -0.39 is 80.5 Å². The van der Waals surface area contributed by atoms with Crippen LogP contribution in [0.25, 0.3) is 0 Å². The number of aliphatic hydroxyl groups excluding tert-OH is 1. The second kappa shape index (κ2) is 19.1. The molecule has 0 bridgehead atoms. The third kappa shape index (κ3) is 14.4. The van der Waals surface area contributed by atoms with Crippen LogP contribution in [0.4, 0.5) is 0 Å². The number of aliphatic hydroxyl groups is 1. The SMILES string of the molecule is C=CC(=O)OCOCC(COCC(CO)(COC(=O)C=C)COC(=O)C=C)(COC(=O)C=C)COC(=O)C=C. The van der Waals surface area contributed by atoms with Crippen molar-refractivity contribution in [2.45, 2.75) is 0 Å². The van der Waals surface area contributed by atoms with E-state index in [9.17, 15) is 29.1 Å². The number of rotatable bonds is 22. The average molecular weight is 555 g/mol. The first-order valence-corrected chi connectivity index (χ1v) is 11.3. The summed E-state index contributed by atoms with van der Waals surface area (Å²) in [4.78, 5) is 58.1. The highest BCUT2D eigenvalue weighted by Crippen LogP contribution is 2.25. The van der Waals surface area contributed by atoms with Crippen molar-refractivity contribution in [3.8, 4) is 0 Å². The van der Waals surface area contributed by atoms with E-state index in [4.69, 9.17) is 33.2 Å². The van der Waals surface area contributed by atoms with E-state index >= 15 is 0 Å². The molecule has 13 nitrogen and oxygen atoms in total. The molecule has 0 radical (unpaired) electrons. The summed E-state index contributed by atoms with van der Waals surface area (Å²) in [5.74, 6) is -3.96. The number of carbonyl (C=O) groups is 5. The van der Waals surface area contributed by atoms with E-state index in [1.807, 2.05) is 0 Å². The average Bonchev–Trinajstić information content (AvgIpc) is 2.96. The lowest BCUT2D eigenvalue weighted by Crippen LogP contribution is -2.46. The van der Waals surface area contributed by atoms with Crippen LogP contribution < -0.4 is 0 Å². The van der Waals surface area contributed by atoms with Crippen LogP contribution in [0.3, 0.4) is 0 Å². The van der Waals surface area contributed by atoms with E-state index in [1.54, 1.807) is 0 Å². The summed E-state index contributed by atoms with van der Waals surface area (Å²) >= 11 is 0. The summed E-state index contributed by atoms with van der Waals surface area (Å²) in [5, 5.41) is 10.1. The van der Waals surface area contributed by atoms with Crippen LogP contribution in [0, 0.1) is 10.8 Å². The fourth-order valence-electron chi connectivity index (χ4n) is 2.55. The van der Waals surface area contributed by atoms with Gasteiger partial charge < -0.3 is 38.3 Å². The molecule has 0 aromatic rings. The molecule has 0 aliphatic rings. The standard InChI is InChI=1S/C26H34O13/c1-6-20(28)35-15-25(11-27,16-36-21(29)7-2)12-33-13-26(17-37-22(30)8-3,18-38-23(31)9-4)14-34-19-39-24(32)10-5/h6-10,27H,1-5,11-19H2. The molecule has 0 aliphatic carbocycles. The van der Waals surface area contributed by atoms with Crippen LogP contribution in [-0.4, -0.2) is 94.6 Å². The van der Waals surface area contributed by atoms with Gasteiger partial charge >= 0.3 is 29.8 Å². The number of hydrogen-bond donors (Lipinski definition) is 1. The van der Waals surface area contributed by atoms with E-state index in [1.165, 1.54) is 0 Å². The van der Waals surface area contributed by atoms with Gasteiger partial charge in [0, 0.05) is 30.4 Å². The fraction of sp³-hybridized carbons (Fsp3) is 0.423. The molecule has 0 spiro atoms. The Labute approximate surface area is 226 Å². The van der Waals surface area contributed by atoms with Crippen molar-refractivity contribution >= 4 is 29.8 Å². The van der Waals surface area contributed by atoms with Crippen molar-refractivity contribution in [1.82, 2.24) is 0 Å². The Morgan fingerprint density at radius 1 is 0.487 bits per heavy atom. The maximum absolute atomic E-state index is 11.8. The molecule has 0 aliphatic heterocycles. The van der Waals surface area contributed by atoms with Crippen molar-refractivity contribution in [3.63, 3.8) is 0 Å². The Morgan fingerprint density at radius 2 is 0.795 bits per heavy atom. The van der Waals surface area contributed by atoms with Gasteiger partial charge in [0.2, 0.25) is 0 Å². The van der Waals surface area contributed by atoms with Crippen molar-refractivity contribution in [2.24, 2.45) is 10.8 Å². The van der Waals surface area contributed by atoms with Gasteiger partial charge in [0.15, 0.2) is 6.79 Å². The highest BCUT2D eigenvalue weighted by Gasteiger charge is 2.38. The van der Waals surface area contributed by atoms with Crippen LogP contribution in [0.15, 0.2) is 63.3 Å². The number of esters is 5. The number of carbonyl (C=O) groups excluding carboxylic acids is 5. The van der Waals surface area contributed by atoms with Gasteiger partial charge in [-0.25, -0.2) is 24.0 Å². The maximum Gasteiger partial charge on any atom is 0.332 e. The zero-order valence-electron chi connectivity index (χ0n) is 21.6. The smallest absolute Gasteiger partial charge is 0.332 e. The van der Waals surface area contributed by atoms with Gasteiger partial charge in [0.25, 0.3) is 0 Å². The van der Waals surface area contributed by atoms with Gasteiger partial charge in [-0.2, -0.15) is 0 Å². The first-order chi connectivity index (χ1) is 18.5. The first-order valence-electron chi connectivity index (χ1n) is 11.3. The van der Waals surface area contributed by atoms with Crippen molar-refractivity contribution in [3.05, 3.63) is 63.3 Å². The van der Waals surface area contributed by atoms with Gasteiger partial charge in [-0.05, 0) is 0 Å². The fourth-order valence-corrected chi connectivity index (χ4v) is 2.55. The molecule has 0 rings (SSSR count). The quantitative estimate of drug-likeness (QED) is 0.0649. The summed E-state index contributed by atoms with van der Waals surface area (Å²) in [6, 6.07) is 0. The molecular weight excluding hydrogens is 520 g/mol. The largest absolute Gasteiger partial charge is 0.462 e. The van der Waals surface area contributed by atoms with E-state index in [2.05, 4.69) is 32.9 Å². The predicted octanol–water partition coefficient (Wildman–Crippen LogP) is 0.588. The highest BCUT2D eigenvalue weighted by atomic mass is 16.7. The Hall–Kier alpha value is -4.07. The van der Waals surface area contributed by atoms with Gasteiger partial charge in [0.05, 0.1) is 37.3 Å². The molecule has 0 fully saturated rings. The molecule has 0 aromatic carbocycles. The number of hydrogen-bond acceptors (Lipinski definition) is 13. The zero-order chi connectivity index (χ0) is 29.7. The topological polar surface area (TPSA) is 170 Å². The minimum atomic E-state index is -1.43. The maximum atomic E-state index is 11.8. The van der Waals surface area contributed by atoms with E-state index in [0.717, 1.165) is 30.4 Å². The summed E-state index contributed by atoms with van der Waals surface area (Å²) in [7, 11) is 0. The third-order valence-electron chi connectivity index (χ3n) is 4.76. The summed E-state index contributed by atoms with van der Waals surface area (Å²) in [5.41, 5.74) is -2.81. The van der Waals surface area contributed by atoms with Crippen LogP contribution in [0.5, 0.6) is 0 Å². The summed E-state index contributed by atoms with van der Waals surface area (Å²) < 4.78 is 36.3. The highest BCUT2D eigenvalue weighted by molar-refractivity contribution is 5.82. The second-order valence-electron chi connectivity index (χ2n) is 8.03. The van der Waals surface area contributed by atoms with Crippen LogP contribution in [0.1, 0.15) is 0 Å². The molecule has 0 saturated heterocycles. The Kier molecular flexibility index (Phi) is 17.1.